The van der Waals surface area contributed by atoms with Crippen LogP contribution >= 0.6 is 11.3 Å². The predicted octanol–water partition coefficient (Wildman–Crippen LogP) is 3.98. The van der Waals surface area contributed by atoms with Crippen molar-refractivity contribution in [3.63, 3.8) is 0 Å². The van der Waals surface area contributed by atoms with Gasteiger partial charge >= 0.3 is 0 Å². The molecule has 2 heteroatoms. The lowest BCUT2D eigenvalue weighted by molar-refractivity contribution is 0.353. The smallest absolute Gasteiger partial charge is 0.0847 e. The first kappa shape index (κ1) is 11.2. The Morgan fingerprint density at radius 1 is 1.33 bits per heavy atom. The maximum Gasteiger partial charge on any atom is 0.0847 e. The fraction of sp³-hybridized carbons (Fsp3) is 0.692. The minimum atomic E-state index is 0.539. The van der Waals surface area contributed by atoms with Gasteiger partial charge < -0.3 is 4.74 Å². The molecular formula is C13H20OS. The molecule has 1 nitrogen and oxygen atoms in total. The van der Waals surface area contributed by atoms with E-state index in [9.17, 15) is 0 Å². The zero-order valence-electron chi connectivity index (χ0n) is 9.82. The van der Waals surface area contributed by atoms with Crippen LogP contribution in [0.1, 0.15) is 49.3 Å². The highest BCUT2D eigenvalue weighted by atomic mass is 32.1. The zero-order valence-corrected chi connectivity index (χ0v) is 10.6. The summed E-state index contributed by atoms with van der Waals surface area (Å²) in [6.07, 6.45) is 4.62. The molecule has 0 aromatic carbocycles. The summed E-state index contributed by atoms with van der Waals surface area (Å²) >= 11 is 1.96. The van der Waals surface area contributed by atoms with E-state index >= 15 is 0 Å². The quantitative estimate of drug-likeness (QED) is 0.689. The first-order chi connectivity index (χ1) is 7.24. The van der Waals surface area contributed by atoms with Gasteiger partial charge in [0.05, 0.1) is 12.2 Å². The van der Waals surface area contributed by atoms with E-state index in [0.717, 1.165) is 6.42 Å². The lowest BCUT2D eigenvalue weighted by atomic mass is 10.0. The maximum absolute atomic E-state index is 5.60. The molecule has 0 saturated carbocycles. The summed E-state index contributed by atoms with van der Waals surface area (Å²) in [7, 11) is 0. The number of thiophene rings is 1. The Hall–Kier alpha value is -0.340. The van der Waals surface area contributed by atoms with E-state index in [1.807, 2.05) is 11.3 Å². The van der Waals surface area contributed by atoms with Crippen molar-refractivity contribution in [2.45, 2.75) is 58.2 Å². The summed E-state index contributed by atoms with van der Waals surface area (Å²) in [6, 6.07) is 4.55. The highest BCUT2D eigenvalue weighted by Gasteiger charge is 2.37. The van der Waals surface area contributed by atoms with Gasteiger partial charge in [-0.1, -0.05) is 20.8 Å². The van der Waals surface area contributed by atoms with E-state index in [0.29, 0.717) is 18.1 Å². The van der Waals surface area contributed by atoms with Crippen LogP contribution in [0.25, 0.3) is 0 Å². The SMILES string of the molecule is CCc1ccc(C(C)CC2OC2CC)s1. The molecule has 1 saturated heterocycles. The number of hydrogen-bond acceptors (Lipinski definition) is 2. The van der Waals surface area contributed by atoms with Crippen LogP contribution in [0.2, 0.25) is 0 Å². The third-order valence-electron chi connectivity index (χ3n) is 3.19. The standard InChI is InChI=1S/C13H20OS/c1-4-10-6-7-13(15-10)9(3)8-12-11(5-2)14-12/h6-7,9,11-12H,4-5,8H2,1-3H3. The second-order valence-electron chi connectivity index (χ2n) is 4.42. The van der Waals surface area contributed by atoms with Gasteiger partial charge in [0.1, 0.15) is 0 Å². The third kappa shape index (κ3) is 2.61. The van der Waals surface area contributed by atoms with Crippen LogP contribution in [0, 0.1) is 0 Å². The van der Waals surface area contributed by atoms with E-state index in [2.05, 4.69) is 32.9 Å². The minimum absolute atomic E-state index is 0.539. The molecule has 1 fully saturated rings. The molecule has 3 unspecified atom stereocenters. The average molecular weight is 224 g/mol. The van der Waals surface area contributed by atoms with Crippen LogP contribution in [0.5, 0.6) is 0 Å². The van der Waals surface area contributed by atoms with Gasteiger partial charge in [0.25, 0.3) is 0 Å². The molecule has 2 heterocycles. The Morgan fingerprint density at radius 2 is 2.13 bits per heavy atom. The summed E-state index contributed by atoms with van der Waals surface area (Å²) in [5, 5.41) is 0. The predicted molar refractivity (Wildman–Crippen MR) is 65.7 cm³/mol. The molecule has 0 bridgehead atoms. The molecule has 3 atom stereocenters. The summed E-state index contributed by atoms with van der Waals surface area (Å²) in [4.78, 5) is 3.03. The number of ether oxygens (including phenoxy) is 1. The van der Waals surface area contributed by atoms with Gasteiger partial charge in [-0.25, -0.2) is 0 Å². The lowest BCUT2D eigenvalue weighted by Crippen LogP contribution is -1.99. The average Bonchev–Trinajstić information content (AvgIpc) is 2.81. The number of aryl methyl sites for hydroxylation is 1. The highest BCUT2D eigenvalue weighted by molar-refractivity contribution is 7.12. The summed E-state index contributed by atoms with van der Waals surface area (Å²) < 4.78 is 5.60. The number of rotatable bonds is 5. The van der Waals surface area contributed by atoms with Crippen molar-refractivity contribution < 1.29 is 4.74 Å². The van der Waals surface area contributed by atoms with E-state index < -0.39 is 0 Å². The van der Waals surface area contributed by atoms with Crippen molar-refractivity contribution in [2.75, 3.05) is 0 Å². The summed E-state index contributed by atoms with van der Waals surface area (Å²) in [5.41, 5.74) is 0. The Kier molecular flexibility index (Phi) is 3.47. The number of hydrogen-bond donors (Lipinski definition) is 0. The first-order valence-electron chi connectivity index (χ1n) is 5.98. The molecule has 2 rings (SSSR count). The Bertz CT molecular complexity index is 318. The van der Waals surface area contributed by atoms with Crippen LogP contribution in [0.3, 0.4) is 0 Å². The van der Waals surface area contributed by atoms with Crippen molar-refractivity contribution in [3.05, 3.63) is 21.9 Å². The van der Waals surface area contributed by atoms with E-state index in [4.69, 9.17) is 4.74 Å². The molecule has 0 spiro atoms. The Labute approximate surface area is 96.5 Å². The van der Waals surface area contributed by atoms with Crippen LogP contribution in [-0.4, -0.2) is 12.2 Å². The fourth-order valence-corrected chi connectivity index (χ4v) is 3.08. The van der Waals surface area contributed by atoms with Crippen LogP contribution in [0.4, 0.5) is 0 Å². The van der Waals surface area contributed by atoms with Gasteiger partial charge in [0, 0.05) is 9.75 Å². The molecule has 1 aliphatic rings. The third-order valence-corrected chi connectivity index (χ3v) is 4.65. The fourth-order valence-electron chi connectivity index (χ4n) is 2.06. The molecule has 1 aliphatic heterocycles. The number of epoxide rings is 1. The van der Waals surface area contributed by atoms with Crippen molar-refractivity contribution in [3.8, 4) is 0 Å². The summed E-state index contributed by atoms with van der Waals surface area (Å²) in [5.74, 6) is 0.664. The van der Waals surface area contributed by atoms with Gasteiger partial charge in [0.2, 0.25) is 0 Å². The monoisotopic (exact) mass is 224 g/mol. The second kappa shape index (κ2) is 4.67. The van der Waals surface area contributed by atoms with E-state index in [1.54, 1.807) is 0 Å². The second-order valence-corrected chi connectivity index (χ2v) is 5.62. The molecule has 84 valence electrons. The van der Waals surface area contributed by atoms with E-state index in [-0.39, 0.29) is 0 Å². The van der Waals surface area contributed by atoms with Gasteiger partial charge in [-0.15, -0.1) is 11.3 Å². The van der Waals surface area contributed by atoms with Crippen LogP contribution in [-0.2, 0) is 11.2 Å². The molecule has 0 aliphatic carbocycles. The highest BCUT2D eigenvalue weighted by Crippen LogP contribution is 2.36. The van der Waals surface area contributed by atoms with Gasteiger partial charge in [-0.05, 0) is 37.3 Å². The van der Waals surface area contributed by atoms with Gasteiger partial charge in [0.15, 0.2) is 0 Å². The summed E-state index contributed by atoms with van der Waals surface area (Å²) in [6.45, 7) is 6.74. The van der Waals surface area contributed by atoms with Crippen molar-refractivity contribution >= 4 is 11.3 Å². The normalized spacial score (nSPS) is 26.6. The van der Waals surface area contributed by atoms with Crippen molar-refractivity contribution in [1.82, 2.24) is 0 Å². The molecule has 15 heavy (non-hydrogen) atoms. The van der Waals surface area contributed by atoms with Gasteiger partial charge in [-0.3, -0.25) is 0 Å². The molecular weight excluding hydrogens is 204 g/mol. The van der Waals surface area contributed by atoms with Gasteiger partial charge in [-0.2, -0.15) is 0 Å². The first-order valence-corrected chi connectivity index (χ1v) is 6.80. The Balaban J connectivity index is 1.88. The molecule has 0 radical (unpaired) electrons. The minimum Gasteiger partial charge on any atom is -0.370 e. The largest absolute Gasteiger partial charge is 0.370 e. The molecule has 0 N–H and O–H groups in total. The van der Waals surface area contributed by atoms with Crippen molar-refractivity contribution in [2.24, 2.45) is 0 Å². The van der Waals surface area contributed by atoms with Crippen LogP contribution in [0.15, 0.2) is 12.1 Å². The zero-order chi connectivity index (χ0) is 10.8. The topological polar surface area (TPSA) is 12.5 Å². The lowest BCUT2D eigenvalue weighted by Gasteiger charge is -2.06. The van der Waals surface area contributed by atoms with Crippen LogP contribution < -0.4 is 0 Å². The molecule has 1 aromatic heterocycles. The molecule has 1 aromatic rings. The van der Waals surface area contributed by atoms with Crippen molar-refractivity contribution in [1.29, 1.82) is 0 Å². The molecule has 0 amide bonds. The van der Waals surface area contributed by atoms with E-state index in [1.165, 1.54) is 22.6 Å². The maximum atomic E-state index is 5.60. The Morgan fingerprint density at radius 3 is 2.67 bits per heavy atom.